The molecule has 0 saturated carbocycles. The minimum atomic E-state index is -4.52. The quantitative estimate of drug-likeness (QED) is 0.792. The van der Waals surface area contributed by atoms with Crippen LogP contribution in [-0.2, 0) is 16.2 Å². The van der Waals surface area contributed by atoms with Crippen LogP contribution in [0.25, 0.3) is 11.1 Å². The zero-order valence-corrected chi connectivity index (χ0v) is 15.7. The molecule has 0 atom stereocenters. The Hall–Kier alpha value is -1.61. The van der Waals surface area contributed by atoms with E-state index in [1.807, 2.05) is 19.0 Å². The smallest absolute Gasteiger partial charge is 0.308 e. The molecule has 0 aromatic heterocycles. The lowest BCUT2D eigenvalue weighted by Crippen LogP contribution is -2.31. The molecule has 142 valence electrons. The van der Waals surface area contributed by atoms with E-state index in [0.717, 1.165) is 6.07 Å². The third kappa shape index (κ3) is 5.20. The monoisotopic (exact) mass is 406 g/mol. The summed E-state index contributed by atoms with van der Waals surface area (Å²) in [7, 11) is 0.0226. The molecule has 9 heteroatoms. The van der Waals surface area contributed by atoms with Crippen LogP contribution in [0.15, 0.2) is 47.4 Å². The van der Waals surface area contributed by atoms with Crippen LogP contribution in [0.1, 0.15) is 5.56 Å². The standard InChI is InChI=1S/C17H18ClF3N2O2S/c1-23(2)10-9-22-26(24,25)14-6-3-12(4-7-14)13-5-8-15(16(18)11-13)17(19,20)21/h3-8,11,22H,9-10H2,1-2H3. The van der Waals surface area contributed by atoms with Gasteiger partial charge < -0.3 is 4.90 Å². The SMILES string of the molecule is CN(C)CCNS(=O)(=O)c1ccc(-c2ccc(C(F)(F)F)c(Cl)c2)cc1. The summed E-state index contributed by atoms with van der Waals surface area (Å²) in [6.07, 6.45) is -4.52. The average molecular weight is 407 g/mol. The van der Waals surface area contributed by atoms with Gasteiger partial charge >= 0.3 is 6.18 Å². The molecule has 0 unspecified atom stereocenters. The van der Waals surface area contributed by atoms with Crippen molar-refractivity contribution in [3.8, 4) is 11.1 Å². The molecule has 0 fully saturated rings. The molecule has 0 saturated heterocycles. The molecule has 0 aliphatic carbocycles. The normalized spacial score (nSPS) is 12.6. The Morgan fingerprint density at radius 3 is 2.12 bits per heavy atom. The Balaban J connectivity index is 2.21. The summed E-state index contributed by atoms with van der Waals surface area (Å²) < 4.78 is 65.1. The molecule has 2 aromatic rings. The van der Waals surface area contributed by atoms with Crippen molar-refractivity contribution in [1.29, 1.82) is 0 Å². The second kappa shape index (κ2) is 7.96. The molecule has 0 radical (unpaired) electrons. The van der Waals surface area contributed by atoms with Crippen molar-refractivity contribution in [3.05, 3.63) is 53.1 Å². The maximum absolute atomic E-state index is 12.8. The molecule has 0 aliphatic heterocycles. The first-order valence-corrected chi connectivity index (χ1v) is 9.48. The van der Waals surface area contributed by atoms with Gasteiger partial charge in [0, 0.05) is 13.1 Å². The lowest BCUT2D eigenvalue weighted by Gasteiger charge is -2.12. The molecule has 2 rings (SSSR count). The van der Waals surface area contributed by atoms with E-state index in [0.29, 0.717) is 17.7 Å². The van der Waals surface area contributed by atoms with E-state index < -0.39 is 26.8 Å². The predicted molar refractivity (Wildman–Crippen MR) is 95.6 cm³/mol. The van der Waals surface area contributed by atoms with E-state index in [1.165, 1.54) is 36.4 Å². The second-order valence-corrected chi connectivity index (χ2v) is 8.09. The molecular formula is C17H18ClF3N2O2S. The van der Waals surface area contributed by atoms with E-state index >= 15 is 0 Å². The van der Waals surface area contributed by atoms with Crippen molar-refractivity contribution < 1.29 is 21.6 Å². The number of hydrogen-bond donors (Lipinski definition) is 1. The van der Waals surface area contributed by atoms with Crippen LogP contribution in [0, 0.1) is 0 Å². The van der Waals surface area contributed by atoms with Crippen LogP contribution < -0.4 is 4.72 Å². The summed E-state index contributed by atoms with van der Waals surface area (Å²) in [6, 6.07) is 9.28. The van der Waals surface area contributed by atoms with Crippen molar-refractivity contribution in [2.45, 2.75) is 11.1 Å². The Labute approximate surface area is 155 Å². The first kappa shape index (κ1) is 20.7. The molecule has 1 N–H and O–H groups in total. The zero-order valence-electron chi connectivity index (χ0n) is 14.1. The van der Waals surface area contributed by atoms with Gasteiger partial charge in [-0.05, 0) is 49.5 Å². The average Bonchev–Trinajstić information content (AvgIpc) is 2.53. The van der Waals surface area contributed by atoms with Gasteiger partial charge in [0.05, 0.1) is 15.5 Å². The van der Waals surface area contributed by atoms with E-state index in [-0.39, 0.29) is 11.4 Å². The lowest BCUT2D eigenvalue weighted by molar-refractivity contribution is -0.137. The number of rotatable bonds is 6. The van der Waals surface area contributed by atoms with Crippen LogP contribution in [0.5, 0.6) is 0 Å². The summed E-state index contributed by atoms with van der Waals surface area (Å²) in [5.41, 5.74) is 0.118. The number of alkyl halides is 3. The van der Waals surface area contributed by atoms with Gasteiger partial charge in [0.1, 0.15) is 0 Å². The Kier molecular flexibility index (Phi) is 6.33. The van der Waals surface area contributed by atoms with E-state index in [4.69, 9.17) is 11.6 Å². The molecule has 0 heterocycles. The highest BCUT2D eigenvalue weighted by Crippen LogP contribution is 2.36. The first-order chi connectivity index (χ1) is 12.0. The van der Waals surface area contributed by atoms with Crippen LogP contribution in [0.3, 0.4) is 0 Å². The number of nitrogens with zero attached hydrogens (tertiary/aromatic N) is 1. The maximum Gasteiger partial charge on any atom is 0.417 e. The number of benzene rings is 2. The predicted octanol–water partition coefficient (Wildman–Crippen LogP) is 3.87. The summed E-state index contributed by atoms with van der Waals surface area (Å²) in [6.45, 7) is 0.826. The van der Waals surface area contributed by atoms with Crippen LogP contribution in [-0.4, -0.2) is 40.5 Å². The van der Waals surface area contributed by atoms with Crippen molar-refractivity contribution in [2.75, 3.05) is 27.2 Å². The molecule has 2 aromatic carbocycles. The van der Waals surface area contributed by atoms with Crippen molar-refractivity contribution in [1.82, 2.24) is 9.62 Å². The van der Waals surface area contributed by atoms with Crippen LogP contribution in [0.2, 0.25) is 5.02 Å². The third-order valence-corrected chi connectivity index (χ3v) is 5.41. The minimum absolute atomic E-state index is 0.0815. The molecule has 26 heavy (non-hydrogen) atoms. The Morgan fingerprint density at radius 1 is 1.04 bits per heavy atom. The van der Waals surface area contributed by atoms with Crippen LogP contribution in [0.4, 0.5) is 13.2 Å². The number of likely N-dealkylation sites (N-methyl/N-ethyl adjacent to an activating group) is 1. The zero-order chi connectivity index (χ0) is 19.5. The van der Waals surface area contributed by atoms with Gasteiger partial charge in [0.25, 0.3) is 0 Å². The molecule has 4 nitrogen and oxygen atoms in total. The van der Waals surface area contributed by atoms with Gasteiger partial charge in [-0.1, -0.05) is 29.8 Å². The van der Waals surface area contributed by atoms with Gasteiger partial charge in [-0.15, -0.1) is 0 Å². The number of halogens is 4. The second-order valence-electron chi connectivity index (χ2n) is 5.92. The largest absolute Gasteiger partial charge is 0.417 e. The Bertz CT molecular complexity index is 867. The molecule has 0 bridgehead atoms. The summed E-state index contributed by atoms with van der Waals surface area (Å²) >= 11 is 5.72. The summed E-state index contributed by atoms with van der Waals surface area (Å²) in [5.74, 6) is 0. The van der Waals surface area contributed by atoms with Crippen molar-refractivity contribution in [2.24, 2.45) is 0 Å². The topological polar surface area (TPSA) is 49.4 Å². The lowest BCUT2D eigenvalue weighted by atomic mass is 10.0. The van der Waals surface area contributed by atoms with E-state index in [2.05, 4.69) is 4.72 Å². The molecule has 0 aliphatic rings. The number of nitrogens with one attached hydrogen (secondary N) is 1. The fourth-order valence-electron chi connectivity index (χ4n) is 2.24. The fraction of sp³-hybridized carbons (Fsp3) is 0.294. The summed E-state index contributed by atoms with van der Waals surface area (Å²) in [4.78, 5) is 1.93. The Morgan fingerprint density at radius 2 is 1.62 bits per heavy atom. The van der Waals surface area contributed by atoms with E-state index in [9.17, 15) is 21.6 Å². The van der Waals surface area contributed by atoms with Gasteiger partial charge in [-0.25, -0.2) is 13.1 Å². The molecule has 0 spiro atoms. The van der Waals surface area contributed by atoms with Gasteiger partial charge in [-0.3, -0.25) is 0 Å². The highest BCUT2D eigenvalue weighted by molar-refractivity contribution is 7.89. The van der Waals surface area contributed by atoms with Crippen molar-refractivity contribution in [3.63, 3.8) is 0 Å². The fourth-order valence-corrected chi connectivity index (χ4v) is 3.55. The molecular weight excluding hydrogens is 389 g/mol. The van der Waals surface area contributed by atoms with Crippen molar-refractivity contribution >= 4 is 21.6 Å². The van der Waals surface area contributed by atoms with Gasteiger partial charge in [0.15, 0.2) is 0 Å². The number of sulfonamides is 1. The highest BCUT2D eigenvalue weighted by Gasteiger charge is 2.33. The van der Waals surface area contributed by atoms with Crippen LogP contribution >= 0.6 is 11.6 Å². The van der Waals surface area contributed by atoms with Gasteiger partial charge in [0.2, 0.25) is 10.0 Å². The summed E-state index contributed by atoms with van der Waals surface area (Å²) in [5, 5.41) is -0.406. The van der Waals surface area contributed by atoms with Gasteiger partial charge in [-0.2, -0.15) is 13.2 Å². The first-order valence-electron chi connectivity index (χ1n) is 7.62. The maximum atomic E-state index is 12.8. The molecule has 0 amide bonds. The third-order valence-electron chi connectivity index (χ3n) is 3.62. The van der Waals surface area contributed by atoms with E-state index in [1.54, 1.807) is 0 Å². The minimum Gasteiger partial charge on any atom is -0.308 e. The highest BCUT2D eigenvalue weighted by atomic mass is 35.5. The number of hydrogen-bond acceptors (Lipinski definition) is 3.